The lowest BCUT2D eigenvalue weighted by Crippen LogP contribution is -2.31. The molecule has 2 fully saturated rings. The normalized spacial score (nSPS) is 22.4. The number of hydrogen-bond donors (Lipinski definition) is 1. The van der Waals surface area contributed by atoms with Crippen molar-refractivity contribution in [1.29, 1.82) is 0 Å². The van der Waals surface area contributed by atoms with Crippen LogP contribution in [0.25, 0.3) is 0 Å². The average molecular weight is 455 g/mol. The predicted molar refractivity (Wildman–Crippen MR) is 119 cm³/mol. The molecule has 0 radical (unpaired) electrons. The van der Waals surface area contributed by atoms with Crippen LogP contribution >= 0.6 is 11.6 Å². The summed E-state index contributed by atoms with van der Waals surface area (Å²) in [7, 11) is 0. The summed E-state index contributed by atoms with van der Waals surface area (Å²) in [5.41, 5.74) is 0.990. The molecule has 2 aliphatic rings. The number of carbonyl (C=O) groups is 4. The van der Waals surface area contributed by atoms with Crippen LogP contribution in [0.15, 0.2) is 48.5 Å². The third-order valence-electron chi connectivity index (χ3n) is 5.97. The maximum Gasteiger partial charge on any atom is 0.338 e. The number of rotatable bonds is 5. The summed E-state index contributed by atoms with van der Waals surface area (Å²) in [4.78, 5) is 51.5. The first-order chi connectivity index (χ1) is 15.3. The van der Waals surface area contributed by atoms with Crippen molar-refractivity contribution >= 4 is 46.7 Å². The molecule has 3 atom stereocenters. The Morgan fingerprint density at radius 1 is 1.06 bits per heavy atom. The van der Waals surface area contributed by atoms with Crippen LogP contribution in [0.5, 0.6) is 0 Å². The zero-order valence-electron chi connectivity index (χ0n) is 17.5. The minimum absolute atomic E-state index is 0.155. The number of nitrogens with zero attached hydrogens (tertiary/aromatic N) is 1. The molecule has 1 aliphatic heterocycles. The van der Waals surface area contributed by atoms with Crippen LogP contribution in [0.1, 0.15) is 36.5 Å². The van der Waals surface area contributed by atoms with Crippen molar-refractivity contribution in [2.75, 3.05) is 16.8 Å². The van der Waals surface area contributed by atoms with Crippen molar-refractivity contribution in [3.8, 4) is 0 Å². The van der Waals surface area contributed by atoms with Gasteiger partial charge >= 0.3 is 5.97 Å². The summed E-state index contributed by atoms with van der Waals surface area (Å²) >= 11 is 5.88. The molecule has 3 amide bonds. The van der Waals surface area contributed by atoms with Crippen LogP contribution in [0, 0.1) is 17.8 Å². The van der Waals surface area contributed by atoms with E-state index in [2.05, 4.69) is 12.2 Å². The van der Waals surface area contributed by atoms with Crippen LogP contribution in [0.4, 0.5) is 11.4 Å². The molecule has 4 rings (SSSR count). The second-order valence-corrected chi connectivity index (χ2v) is 8.76. The lowest BCUT2D eigenvalue weighted by molar-refractivity contribution is -0.122. The highest BCUT2D eigenvalue weighted by molar-refractivity contribution is 6.30. The SMILES string of the molecule is C[C@@H]1CC[C@@H]2C(=O)N(c3cccc(C(=O)OCC(=O)Nc4cccc(Cl)c4)c3)C(=O)[C@H]2C1. The summed E-state index contributed by atoms with van der Waals surface area (Å²) in [6, 6.07) is 12.8. The summed E-state index contributed by atoms with van der Waals surface area (Å²) in [6.07, 6.45) is 2.34. The Morgan fingerprint density at radius 3 is 2.59 bits per heavy atom. The Hall–Kier alpha value is -3.19. The fourth-order valence-corrected chi connectivity index (χ4v) is 4.58. The monoisotopic (exact) mass is 454 g/mol. The fourth-order valence-electron chi connectivity index (χ4n) is 4.39. The van der Waals surface area contributed by atoms with Gasteiger partial charge in [-0.15, -0.1) is 0 Å². The van der Waals surface area contributed by atoms with Crippen molar-refractivity contribution in [2.24, 2.45) is 17.8 Å². The van der Waals surface area contributed by atoms with Gasteiger partial charge in [0.2, 0.25) is 11.8 Å². The highest BCUT2D eigenvalue weighted by atomic mass is 35.5. The molecule has 8 heteroatoms. The number of hydrogen-bond acceptors (Lipinski definition) is 5. The minimum atomic E-state index is -0.724. The van der Waals surface area contributed by atoms with Gasteiger partial charge in [0.05, 0.1) is 23.1 Å². The molecule has 7 nitrogen and oxygen atoms in total. The van der Waals surface area contributed by atoms with E-state index in [-0.39, 0.29) is 29.2 Å². The maximum absolute atomic E-state index is 12.9. The van der Waals surface area contributed by atoms with Gasteiger partial charge in [0, 0.05) is 10.7 Å². The Labute approximate surface area is 190 Å². The molecule has 2 aromatic rings. The number of carbonyl (C=O) groups excluding carboxylic acids is 4. The third kappa shape index (κ3) is 4.53. The van der Waals surface area contributed by atoms with Crippen LogP contribution in [0.2, 0.25) is 5.02 Å². The zero-order chi connectivity index (χ0) is 22.8. The number of benzene rings is 2. The molecule has 1 heterocycles. The van der Waals surface area contributed by atoms with Gasteiger partial charge in [0.15, 0.2) is 6.61 Å². The van der Waals surface area contributed by atoms with E-state index < -0.39 is 18.5 Å². The predicted octanol–water partition coefficient (Wildman–Crippen LogP) is 4.06. The molecule has 32 heavy (non-hydrogen) atoms. The maximum atomic E-state index is 12.9. The van der Waals surface area contributed by atoms with Gasteiger partial charge in [0.1, 0.15) is 0 Å². The van der Waals surface area contributed by atoms with Crippen molar-refractivity contribution in [1.82, 2.24) is 0 Å². The van der Waals surface area contributed by atoms with Gasteiger partial charge in [-0.05, 0) is 61.6 Å². The zero-order valence-corrected chi connectivity index (χ0v) is 18.3. The lowest BCUT2D eigenvalue weighted by Gasteiger charge is -2.25. The molecule has 0 aromatic heterocycles. The van der Waals surface area contributed by atoms with Gasteiger partial charge < -0.3 is 10.1 Å². The van der Waals surface area contributed by atoms with Gasteiger partial charge in [-0.2, -0.15) is 0 Å². The molecular weight excluding hydrogens is 432 g/mol. The largest absolute Gasteiger partial charge is 0.452 e. The van der Waals surface area contributed by atoms with Crippen molar-refractivity contribution in [3.05, 3.63) is 59.1 Å². The van der Waals surface area contributed by atoms with Gasteiger partial charge in [0.25, 0.3) is 5.91 Å². The first kappa shape index (κ1) is 22.0. The average Bonchev–Trinajstić information content (AvgIpc) is 3.01. The van der Waals surface area contributed by atoms with Crippen molar-refractivity contribution in [3.63, 3.8) is 0 Å². The molecular formula is C24H23ClN2O5. The smallest absolute Gasteiger partial charge is 0.338 e. The van der Waals surface area contributed by atoms with Crippen LogP contribution < -0.4 is 10.2 Å². The molecule has 1 saturated heterocycles. The number of ether oxygens (including phenoxy) is 1. The molecule has 0 bridgehead atoms. The second-order valence-electron chi connectivity index (χ2n) is 8.33. The molecule has 166 valence electrons. The van der Waals surface area contributed by atoms with E-state index in [4.69, 9.17) is 16.3 Å². The van der Waals surface area contributed by atoms with E-state index >= 15 is 0 Å². The number of fused-ring (bicyclic) bond motifs is 1. The number of amides is 3. The Bertz CT molecular complexity index is 1090. The summed E-state index contributed by atoms with van der Waals surface area (Å²) in [5.74, 6) is -1.83. The summed E-state index contributed by atoms with van der Waals surface area (Å²) < 4.78 is 5.10. The van der Waals surface area contributed by atoms with E-state index in [1.165, 1.54) is 17.0 Å². The van der Waals surface area contributed by atoms with E-state index in [0.29, 0.717) is 35.2 Å². The minimum Gasteiger partial charge on any atom is -0.452 e. The highest BCUT2D eigenvalue weighted by Gasteiger charge is 2.50. The van der Waals surface area contributed by atoms with Crippen molar-refractivity contribution in [2.45, 2.75) is 26.2 Å². The quantitative estimate of drug-likeness (QED) is 0.543. The van der Waals surface area contributed by atoms with E-state index in [0.717, 1.165) is 6.42 Å². The van der Waals surface area contributed by atoms with E-state index in [9.17, 15) is 19.2 Å². The van der Waals surface area contributed by atoms with Gasteiger partial charge in [-0.3, -0.25) is 19.3 Å². The summed E-state index contributed by atoms with van der Waals surface area (Å²) in [5, 5.41) is 3.06. The van der Waals surface area contributed by atoms with Crippen LogP contribution in [-0.4, -0.2) is 30.3 Å². The number of nitrogens with one attached hydrogen (secondary N) is 1. The molecule has 1 N–H and O–H groups in total. The standard InChI is InChI=1S/C24H23ClN2O5/c1-14-8-9-19-20(10-14)23(30)27(22(19)29)18-7-2-4-15(11-18)24(31)32-13-21(28)26-17-6-3-5-16(25)12-17/h2-7,11-12,14,19-20H,8-10,13H2,1H3,(H,26,28)/t14-,19+,20+/m1/s1. The number of esters is 1. The molecule has 2 aromatic carbocycles. The van der Waals surface area contributed by atoms with E-state index in [1.807, 2.05) is 0 Å². The Morgan fingerprint density at radius 2 is 1.81 bits per heavy atom. The topological polar surface area (TPSA) is 92.8 Å². The van der Waals surface area contributed by atoms with Crippen LogP contribution in [0.3, 0.4) is 0 Å². The Balaban J connectivity index is 1.41. The van der Waals surface area contributed by atoms with Crippen molar-refractivity contribution < 1.29 is 23.9 Å². The third-order valence-corrected chi connectivity index (χ3v) is 6.21. The van der Waals surface area contributed by atoms with E-state index in [1.54, 1.807) is 36.4 Å². The molecule has 1 saturated carbocycles. The fraction of sp³-hybridized carbons (Fsp3) is 0.333. The van der Waals surface area contributed by atoms with Gasteiger partial charge in [-0.25, -0.2) is 4.79 Å². The lowest BCUT2D eigenvalue weighted by atomic mass is 9.76. The first-order valence-corrected chi connectivity index (χ1v) is 10.9. The summed E-state index contributed by atoms with van der Waals surface area (Å²) in [6.45, 7) is 1.61. The van der Waals surface area contributed by atoms with Crippen LogP contribution in [-0.2, 0) is 19.1 Å². The molecule has 1 aliphatic carbocycles. The van der Waals surface area contributed by atoms with Gasteiger partial charge in [-0.1, -0.05) is 30.7 Å². The second kappa shape index (κ2) is 9.12. The molecule has 0 spiro atoms. The molecule has 0 unspecified atom stereocenters. The number of imide groups is 1. The number of anilines is 2. The highest BCUT2D eigenvalue weighted by Crippen LogP contribution is 2.42. The number of halogens is 1. The first-order valence-electron chi connectivity index (χ1n) is 10.5. The Kier molecular flexibility index (Phi) is 6.28.